The second kappa shape index (κ2) is 5.63. The Hall–Kier alpha value is -0.900. The van der Waals surface area contributed by atoms with Gasteiger partial charge in [-0.2, -0.15) is 0 Å². The number of aliphatic hydroxyl groups excluding tert-OH is 1. The number of carbonyl (C=O) groups is 2. The van der Waals surface area contributed by atoms with Crippen molar-refractivity contribution in [1.82, 2.24) is 4.90 Å². The number of nitrogens with zero attached hydrogens (tertiary/aromatic N) is 1. The van der Waals surface area contributed by atoms with Crippen LogP contribution in [0.3, 0.4) is 0 Å². The lowest BCUT2D eigenvalue weighted by Crippen LogP contribution is -2.49. The molecule has 4 nitrogen and oxygen atoms in total. The van der Waals surface area contributed by atoms with E-state index in [4.69, 9.17) is 0 Å². The molecule has 1 aliphatic rings. The molecule has 1 N–H and O–H groups in total. The van der Waals surface area contributed by atoms with E-state index in [0.29, 0.717) is 19.4 Å². The first kappa shape index (κ1) is 14.2. The molecule has 1 saturated heterocycles. The van der Waals surface area contributed by atoms with Crippen molar-refractivity contribution in [3.8, 4) is 0 Å². The highest BCUT2D eigenvalue weighted by Crippen LogP contribution is 2.29. The van der Waals surface area contributed by atoms with E-state index >= 15 is 0 Å². The summed E-state index contributed by atoms with van der Waals surface area (Å²) in [6.45, 7) is 6.28. The van der Waals surface area contributed by atoms with E-state index < -0.39 is 0 Å². The molecule has 98 valence electrons. The Balaban J connectivity index is 2.78. The van der Waals surface area contributed by atoms with Crippen LogP contribution in [0.1, 0.15) is 46.5 Å². The Kier molecular flexibility index (Phi) is 4.69. The topological polar surface area (TPSA) is 57.6 Å². The van der Waals surface area contributed by atoms with Gasteiger partial charge in [-0.15, -0.1) is 0 Å². The molecule has 4 heteroatoms. The number of likely N-dealkylation sites (tertiary alicyclic amines) is 1. The van der Waals surface area contributed by atoms with E-state index in [1.165, 1.54) is 4.90 Å². The Morgan fingerprint density at radius 1 is 1.24 bits per heavy atom. The second-order valence-corrected chi connectivity index (χ2v) is 5.25. The number of hydrogen-bond donors (Lipinski definition) is 1. The third kappa shape index (κ3) is 3.06. The van der Waals surface area contributed by atoms with E-state index in [1.54, 1.807) is 0 Å². The fourth-order valence-electron chi connectivity index (χ4n) is 2.29. The summed E-state index contributed by atoms with van der Waals surface area (Å²) >= 11 is 0. The predicted octanol–water partition coefficient (Wildman–Crippen LogP) is 1.57. The maximum atomic E-state index is 11.9. The molecule has 1 rings (SSSR count). The summed E-state index contributed by atoms with van der Waals surface area (Å²) < 4.78 is 0. The van der Waals surface area contributed by atoms with Gasteiger partial charge in [-0.3, -0.25) is 14.5 Å². The van der Waals surface area contributed by atoms with Crippen LogP contribution in [-0.4, -0.2) is 35.0 Å². The maximum absolute atomic E-state index is 11.9. The molecule has 0 aromatic heterocycles. The van der Waals surface area contributed by atoms with E-state index in [2.05, 4.69) is 0 Å². The average Bonchev–Trinajstić information content (AvgIpc) is 2.29. The fourth-order valence-corrected chi connectivity index (χ4v) is 2.29. The Morgan fingerprint density at radius 2 is 1.71 bits per heavy atom. The minimum atomic E-state index is -0.327. The molecule has 0 aromatic carbocycles. The van der Waals surface area contributed by atoms with Crippen molar-refractivity contribution in [2.75, 3.05) is 13.2 Å². The number of amides is 2. The van der Waals surface area contributed by atoms with Crippen molar-refractivity contribution in [3.63, 3.8) is 0 Å². The van der Waals surface area contributed by atoms with Crippen LogP contribution < -0.4 is 0 Å². The molecule has 1 aliphatic heterocycles. The summed E-state index contributed by atoms with van der Waals surface area (Å²) in [6, 6.07) is 0. The van der Waals surface area contributed by atoms with Crippen molar-refractivity contribution in [2.24, 2.45) is 11.3 Å². The first-order chi connectivity index (χ1) is 7.98. The summed E-state index contributed by atoms with van der Waals surface area (Å²) in [7, 11) is 0. The van der Waals surface area contributed by atoms with Crippen LogP contribution in [0.4, 0.5) is 0 Å². The first-order valence-corrected chi connectivity index (χ1v) is 6.42. The number of hydrogen-bond acceptors (Lipinski definition) is 3. The molecular weight excluding hydrogens is 218 g/mol. The zero-order valence-electron chi connectivity index (χ0n) is 11.0. The van der Waals surface area contributed by atoms with Crippen LogP contribution in [0, 0.1) is 11.3 Å². The summed E-state index contributed by atoms with van der Waals surface area (Å²) in [5.41, 5.74) is -0.327. The zero-order chi connectivity index (χ0) is 13.1. The van der Waals surface area contributed by atoms with Crippen molar-refractivity contribution in [1.29, 1.82) is 0 Å². The third-order valence-corrected chi connectivity index (χ3v) is 3.98. The van der Waals surface area contributed by atoms with Gasteiger partial charge in [0, 0.05) is 24.8 Å². The van der Waals surface area contributed by atoms with E-state index in [-0.39, 0.29) is 29.8 Å². The van der Waals surface area contributed by atoms with E-state index in [0.717, 1.165) is 12.8 Å². The number of imide groups is 1. The molecule has 0 aliphatic carbocycles. The summed E-state index contributed by atoms with van der Waals surface area (Å²) in [4.78, 5) is 25.1. The molecule has 0 radical (unpaired) electrons. The normalized spacial score (nSPS) is 18.9. The minimum absolute atomic E-state index is 0.0204. The van der Waals surface area contributed by atoms with Gasteiger partial charge in [-0.05, 0) is 18.8 Å². The number of carbonyl (C=O) groups excluding carboxylic acids is 2. The lowest BCUT2D eigenvalue weighted by Gasteiger charge is -2.37. The number of piperidine rings is 1. The van der Waals surface area contributed by atoms with Gasteiger partial charge in [0.15, 0.2) is 0 Å². The smallest absolute Gasteiger partial charge is 0.229 e. The largest absolute Gasteiger partial charge is 0.396 e. The first-order valence-electron chi connectivity index (χ1n) is 6.42. The Bertz CT molecular complexity index is 271. The highest BCUT2D eigenvalue weighted by molar-refractivity contribution is 5.97. The van der Waals surface area contributed by atoms with E-state index in [9.17, 15) is 14.7 Å². The summed E-state index contributed by atoms with van der Waals surface area (Å²) in [5.74, 6) is -0.0278. The molecular formula is C13H23NO3. The highest BCUT2D eigenvalue weighted by atomic mass is 16.3. The van der Waals surface area contributed by atoms with Gasteiger partial charge >= 0.3 is 0 Å². The van der Waals surface area contributed by atoms with Gasteiger partial charge in [0.25, 0.3) is 0 Å². The van der Waals surface area contributed by atoms with Crippen LogP contribution >= 0.6 is 0 Å². The molecule has 0 atom stereocenters. The molecule has 2 amide bonds. The number of rotatable bonds is 5. The van der Waals surface area contributed by atoms with Gasteiger partial charge in [0.1, 0.15) is 0 Å². The lowest BCUT2D eigenvalue weighted by atomic mass is 9.82. The van der Waals surface area contributed by atoms with Crippen LogP contribution in [0.25, 0.3) is 0 Å². The predicted molar refractivity (Wildman–Crippen MR) is 65.2 cm³/mol. The minimum Gasteiger partial charge on any atom is -0.396 e. The SMILES string of the molecule is CCC(CC)(CO)CN1C(=O)CC(C)CC1=O. The molecule has 1 fully saturated rings. The van der Waals surface area contributed by atoms with Crippen LogP contribution in [-0.2, 0) is 9.59 Å². The maximum Gasteiger partial charge on any atom is 0.229 e. The second-order valence-electron chi connectivity index (χ2n) is 5.25. The third-order valence-electron chi connectivity index (χ3n) is 3.98. The zero-order valence-corrected chi connectivity index (χ0v) is 11.0. The summed E-state index contributed by atoms with van der Waals surface area (Å²) in [5, 5.41) is 9.48. The van der Waals surface area contributed by atoms with Crippen LogP contribution in [0.5, 0.6) is 0 Å². The van der Waals surface area contributed by atoms with Crippen molar-refractivity contribution in [3.05, 3.63) is 0 Å². The van der Waals surface area contributed by atoms with Gasteiger partial charge in [-0.25, -0.2) is 0 Å². The van der Waals surface area contributed by atoms with Gasteiger partial charge in [-0.1, -0.05) is 20.8 Å². The summed E-state index contributed by atoms with van der Waals surface area (Å²) in [6.07, 6.45) is 2.43. The van der Waals surface area contributed by atoms with Crippen molar-refractivity contribution >= 4 is 11.8 Å². The molecule has 0 aromatic rings. The molecule has 0 saturated carbocycles. The lowest BCUT2D eigenvalue weighted by molar-refractivity contribution is -0.152. The molecule has 0 unspecified atom stereocenters. The Labute approximate surface area is 103 Å². The van der Waals surface area contributed by atoms with Crippen LogP contribution in [0.15, 0.2) is 0 Å². The van der Waals surface area contributed by atoms with Gasteiger partial charge in [0.2, 0.25) is 11.8 Å². The van der Waals surface area contributed by atoms with Crippen molar-refractivity contribution < 1.29 is 14.7 Å². The van der Waals surface area contributed by atoms with Gasteiger partial charge in [0.05, 0.1) is 6.61 Å². The van der Waals surface area contributed by atoms with E-state index in [1.807, 2.05) is 20.8 Å². The molecule has 0 bridgehead atoms. The average molecular weight is 241 g/mol. The Morgan fingerprint density at radius 3 is 2.06 bits per heavy atom. The fraction of sp³-hybridized carbons (Fsp3) is 0.846. The molecule has 17 heavy (non-hydrogen) atoms. The molecule has 0 spiro atoms. The standard InChI is InChI=1S/C13H23NO3/c1-4-13(5-2,9-15)8-14-11(16)6-10(3)7-12(14)17/h10,15H,4-9H2,1-3H3. The number of aliphatic hydroxyl groups is 1. The highest BCUT2D eigenvalue weighted by Gasteiger charge is 2.36. The molecule has 1 heterocycles. The monoisotopic (exact) mass is 241 g/mol. The van der Waals surface area contributed by atoms with Gasteiger partial charge < -0.3 is 5.11 Å². The van der Waals surface area contributed by atoms with Crippen molar-refractivity contribution in [2.45, 2.75) is 46.5 Å². The quantitative estimate of drug-likeness (QED) is 0.743. The van der Waals surface area contributed by atoms with Crippen LogP contribution in [0.2, 0.25) is 0 Å².